The molecule has 0 aliphatic carbocycles. The lowest BCUT2D eigenvalue weighted by atomic mass is 10.0. The van der Waals surface area contributed by atoms with E-state index < -0.39 is 7.26 Å². The van der Waals surface area contributed by atoms with Crippen molar-refractivity contribution in [2.24, 2.45) is 0 Å². The van der Waals surface area contributed by atoms with Crippen molar-refractivity contribution in [1.29, 1.82) is 0 Å². The Balaban J connectivity index is 0.00000400. The van der Waals surface area contributed by atoms with Crippen LogP contribution in [0, 0.1) is 0 Å². The highest BCUT2D eigenvalue weighted by Gasteiger charge is 2.44. The number of hydrogen-bond acceptors (Lipinski definition) is 4. The number of methoxy groups -OCH3 is 2. The molecular weight excluding hydrogens is 643 g/mol. The average Bonchev–Trinajstić information content (AvgIpc) is 3.09. The molecule has 6 rings (SSSR count). The minimum atomic E-state index is -1.82. The standard InChI is InChI=1S/C39H36O4P.BrH/c1-41-36-26-25-34-37(40)35(28-43-38(34)39(36)42-2)30-23-21-29(22-24-30)14-12-13-27-44(31-15-6-3-7-16-31,32-17-8-4-9-18-32)33-19-10-5-11-20-33;/h3-11,15-26,28H,12-14,27H2,1-2H3;1H/q+1;/p-1. The molecule has 0 bridgehead atoms. The van der Waals surface area contributed by atoms with E-state index in [4.69, 9.17) is 13.9 Å². The Bertz CT molecular complexity index is 1790. The SMILES string of the molecule is COc1ccc2c(=O)c(-c3ccc(CCCC[P+](c4ccccc4)(c4ccccc4)c4ccccc4)cc3)coc2c1OC.[Br-]. The molecule has 0 saturated heterocycles. The van der Waals surface area contributed by atoms with Crippen molar-refractivity contribution in [1.82, 2.24) is 0 Å². The molecule has 6 heteroatoms. The van der Waals surface area contributed by atoms with E-state index in [2.05, 4.69) is 103 Å². The topological polar surface area (TPSA) is 48.7 Å². The Morgan fingerprint density at radius 2 is 1.20 bits per heavy atom. The van der Waals surface area contributed by atoms with E-state index in [1.807, 2.05) is 12.1 Å². The molecule has 45 heavy (non-hydrogen) atoms. The molecule has 0 fully saturated rings. The minimum Gasteiger partial charge on any atom is -1.00 e. The number of aryl methyl sites for hydroxylation is 1. The van der Waals surface area contributed by atoms with Crippen molar-refractivity contribution in [2.45, 2.75) is 19.3 Å². The average molecular weight is 680 g/mol. The number of fused-ring (bicyclic) bond motifs is 1. The van der Waals surface area contributed by atoms with Crippen LogP contribution in [0.3, 0.4) is 0 Å². The molecule has 1 heterocycles. The molecule has 0 saturated carbocycles. The molecule has 0 N–H and O–H groups in total. The van der Waals surface area contributed by atoms with Crippen LogP contribution >= 0.6 is 7.26 Å². The van der Waals surface area contributed by atoms with Gasteiger partial charge in [-0.3, -0.25) is 4.79 Å². The zero-order chi connectivity index (χ0) is 30.4. The second-order valence-corrected chi connectivity index (χ2v) is 14.5. The summed E-state index contributed by atoms with van der Waals surface area (Å²) in [6.45, 7) is 0. The van der Waals surface area contributed by atoms with Gasteiger partial charge in [-0.2, -0.15) is 0 Å². The summed E-state index contributed by atoms with van der Waals surface area (Å²) >= 11 is 0. The molecule has 0 atom stereocenters. The predicted molar refractivity (Wildman–Crippen MR) is 184 cm³/mol. The van der Waals surface area contributed by atoms with Crippen LogP contribution in [0.4, 0.5) is 0 Å². The van der Waals surface area contributed by atoms with Crippen LogP contribution < -0.4 is 47.8 Å². The van der Waals surface area contributed by atoms with Crippen molar-refractivity contribution in [3.63, 3.8) is 0 Å². The number of unbranched alkanes of at least 4 members (excludes halogenated alkanes) is 1. The molecule has 4 nitrogen and oxygen atoms in total. The fourth-order valence-corrected chi connectivity index (χ4v) is 10.5. The van der Waals surface area contributed by atoms with Crippen molar-refractivity contribution in [2.75, 3.05) is 20.4 Å². The summed E-state index contributed by atoms with van der Waals surface area (Å²) in [5.41, 5.74) is 2.91. The number of benzene rings is 5. The highest BCUT2D eigenvalue weighted by Crippen LogP contribution is 2.56. The van der Waals surface area contributed by atoms with Gasteiger partial charge in [-0.05, 0) is 78.9 Å². The van der Waals surface area contributed by atoms with E-state index in [1.54, 1.807) is 19.2 Å². The van der Waals surface area contributed by atoms with Gasteiger partial charge < -0.3 is 30.9 Å². The number of hydrogen-bond donors (Lipinski definition) is 0. The molecule has 0 aliphatic heterocycles. The Hall–Kier alpha value is -4.18. The van der Waals surface area contributed by atoms with E-state index >= 15 is 0 Å². The maximum atomic E-state index is 13.4. The molecule has 1 aromatic heterocycles. The zero-order valence-corrected chi connectivity index (χ0v) is 28.0. The lowest BCUT2D eigenvalue weighted by Gasteiger charge is -2.27. The largest absolute Gasteiger partial charge is 1.00 e. The summed E-state index contributed by atoms with van der Waals surface area (Å²) in [5.74, 6) is 0.943. The van der Waals surface area contributed by atoms with Crippen LogP contribution in [0.15, 0.2) is 143 Å². The first-order valence-electron chi connectivity index (χ1n) is 15.0. The van der Waals surface area contributed by atoms with E-state index in [0.29, 0.717) is 28.0 Å². The van der Waals surface area contributed by atoms with Crippen molar-refractivity contribution in [3.05, 3.63) is 149 Å². The van der Waals surface area contributed by atoms with Gasteiger partial charge in [0.1, 0.15) is 29.4 Å². The second-order valence-electron chi connectivity index (χ2n) is 10.9. The molecule has 6 aromatic rings. The molecule has 0 amide bonds. The Morgan fingerprint density at radius 3 is 1.71 bits per heavy atom. The second kappa shape index (κ2) is 14.7. The molecule has 5 aromatic carbocycles. The number of rotatable bonds is 11. The minimum absolute atomic E-state index is 0. The third-order valence-corrected chi connectivity index (χ3v) is 12.9. The Labute approximate surface area is 275 Å². The first kappa shape index (κ1) is 32.2. The van der Waals surface area contributed by atoms with Crippen LogP contribution in [-0.4, -0.2) is 20.4 Å². The number of ether oxygens (including phenoxy) is 2. The first-order chi connectivity index (χ1) is 21.7. The van der Waals surface area contributed by atoms with E-state index in [9.17, 15) is 4.79 Å². The lowest BCUT2D eigenvalue weighted by molar-refractivity contribution is -0.00000945. The van der Waals surface area contributed by atoms with Crippen LogP contribution in [0.5, 0.6) is 11.5 Å². The highest BCUT2D eigenvalue weighted by atomic mass is 79.9. The van der Waals surface area contributed by atoms with Crippen molar-refractivity contribution >= 4 is 34.1 Å². The Kier molecular flexibility index (Phi) is 10.5. The smallest absolute Gasteiger partial charge is 0.204 e. The van der Waals surface area contributed by atoms with Crippen molar-refractivity contribution in [3.8, 4) is 22.6 Å². The molecule has 0 radical (unpaired) electrons. The normalized spacial score (nSPS) is 11.2. The third-order valence-electron chi connectivity index (χ3n) is 8.35. The van der Waals surface area contributed by atoms with E-state index in [1.165, 1.54) is 34.9 Å². The van der Waals surface area contributed by atoms with Crippen LogP contribution in [-0.2, 0) is 6.42 Å². The third kappa shape index (κ3) is 6.47. The fourth-order valence-electron chi connectivity index (χ4n) is 6.12. The first-order valence-corrected chi connectivity index (χ1v) is 16.9. The molecular formula is C39H36BrO4P. The van der Waals surface area contributed by atoms with Gasteiger partial charge in [-0.25, -0.2) is 0 Å². The van der Waals surface area contributed by atoms with Crippen LogP contribution in [0.2, 0.25) is 0 Å². The van der Waals surface area contributed by atoms with Gasteiger partial charge in [0, 0.05) is 0 Å². The van der Waals surface area contributed by atoms with Gasteiger partial charge >= 0.3 is 0 Å². The van der Waals surface area contributed by atoms with Crippen LogP contribution in [0.25, 0.3) is 22.1 Å². The van der Waals surface area contributed by atoms with Gasteiger partial charge in [-0.1, -0.05) is 78.9 Å². The quantitative estimate of drug-likeness (QED) is 0.146. The molecule has 0 aliphatic rings. The van der Waals surface area contributed by atoms with Gasteiger partial charge in [0.2, 0.25) is 11.2 Å². The van der Waals surface area contributed by atoms with Gasteiger partial charge in [0.05, 0.1) is 31.3 Å². The molecule has 228 valence electrons. The Morgan fingerprint density at radius 1 is 0.644 bits per heavy atom. The highest BCUT2D eigenvalue weighted by molar-refractivity contribution is 7.95. The summed E-state index contributed by atoms with van der Waals surface area (Å²) in [6, 6.07) is 44.9. The van der Waals surface area contributed by atoms with Crippen molar-refractivity contribution < 1.29 is 30.9 Å². The monoisotopic (exact) mass is 678 g/mol. The van der Waals surface area contributed by atoms with E-state index in [0.717, 1.165) is 31.0 Å². The van der Waals surface area contributed by atoms with Gasteiger partial charge in [0.25, 0.3) is 0 Å². The summed E-state index contributed by atoms with van der Waals surface area (Å²) < 4.78 is 16.7. The lowest BCUT2D eigenvalue weighted by Crippen LogP contribution is -3.00. The summed E-state index contributed by atoms with van der Waals surface area (Å²) in [7, 11) is 1.28. The zero-order valence-electron chi connectivity index (χ0n) is 25.5. The number of halogens is 1. The van der Waals surface area contributed by atoms with Gasteiger partial charge in [-0.15, -0.1) is 0 Å². The molecule has 0 spiro atoms. The predicted octanol–water partition coefficient (Wildman–Crippen LogP) is 4.80. The summed E-state index contributed by atoms with van der Waals surface area (Å²) in [4.78, 5) is 13.4. The van der Waals surface area contributed by atoms with Gasteiger partial charge in [0.15, 0.2) is 11.3 Å². The molecule has 0 unspecified atom stereocenters. The summed E-state index contributed by atoms with van der Waals surface area (Å²) in [5, 5.41) is 4.73. The maximum absolute atomic E-state index is 13.4. The maximum Gasteiger partial charge on any atom is 0.204 e. The fraction of sp³-hybridized carbons (Fsp3) is 0.154. The summed E-state index contributed by atoms with van der Waals surface area (Å²) in [6.07, 6.45) is 5.78. The van der Waals surface area contributed by atoms with E-state index in [-0.39, 0.29) is 22.4 Å². The van der Waals surface area contributed by atoms with Crippen LogP contribution in [0.1, 0.15) is 18.4 Å².